The zero-order valence-corrected chi connectivity index (χ0v) is 19.9. The Balaban J connectivity index is 1.25. The molecule has 1 saturated carbocycles. The van der Waals surface area contributed by atoms with Crippen molar-refractivity contribution in [1.29, 1.82) is 0 Å². The summed E-state index contributed by atoms with van der Waals surface area (Å²) in [6.07, 6.45) is 5.85. The first-order chi connectivity index (χ1) is 17.2. The summed E-state index contributed by atoms with van der Waals surface area (Å²) >= 11 is 0. The van der Waals surface area contributed by atoms with Crippen LogP contribution in [0.25, 0.3) is 0 Å². The van der Waals surface area contributed by atoms with E-state index in [0.717, 1.165) is 37.7 Å². The highest BCUT2D eigenvalue weighted by Gasteiger charge is 2.36. The van der Waals surface area contributed by atoms with Crippen LogP contribution in [0.3, 0.4) is 0 Å². The van der Waals surface area contributed by atoms with Crippen molar-refractivity contribution >= 4 is 40.8 Å². The van der Waals surface area contributed by atoms with Crippen LogP contribution in [-0.4, -0.2) is 48.7 Å². The van der Waals surface area contributed by atoms with E-state index in [1.54, 1.807) is 32.2 Å². The van der Waals surface area contributed by atoms with Gasteiger partial charge in [-0.3, -0.25) is 4.79 Å². The molecule has 0 aromatic carbocycles. The van der Waals surface area contributed by atoms with Gasteiger partial charge in [-0.15, -0.1) is 0 Å². The molecule has 1 aliphatic carbocycles. The monoisotopic (exact) mass is 494 g/mol. The quantitative estimate of drug-likeness (QED) is 0.344. The molecule has 5 rings (SSSR count). The summed E-state index contributed by atoms with van der Waals surface area (Å²) < 4.78 is 20.1. The van der Waals surface area contributed by atoms with E-state index in [-0.39, 0.29) is 41.5 Å². The molecule has 0 unspecified atom stereocenters. The fourth-order valence-corrected chi connectivity index (χ4v) is 4.02. The molecule has 11 nitrogen and oxygen atoms in total. The maximum Gasteiger partial charge on any atom is 0.269 e. The molecule has 4 heterocycles. The topological polar surface area (TPSA) is 146 Å². The van der Waals surface area contributed by atoms with Crippen LogP contribution in [0.4, 0.5) is 39.3 Å². The third kappa shape index (κ3) is 5.28. The van der Waals surface area contributed by atoms with Gasteiger partial charge in [0.2, 0.25) is 5.95 Å². The van der Waals surface area contributed by atoms with Gasteiger partial charge in [0, 0.05) is 6.04 Å². The van der Waals surface area contributed by atoms with Crippen LogP contribution in [0.5, 0.6) is 5.75 Å². The highest BCUT2D eigenvalue weighted by Crippen LogP contribution is 2.33. The van der Waals surface area contributed by atoms with Gasteiger partial charge in [0.15, 0.2) is 28.8 Å². The number of pyridine rings is 2. The first-order valence-electron chi connectivity index (χ1n) is 11.7. The van der Waals surface area contributed by atoms with Crippen molar-refractivity contribution in [3.63, 3.8) is 0 Å². The summed E-state index contributed by atoms with van der Waals surface area (Å²) in [6.45, 7) is 3.31. The predicted molar refractivity (Wildman–Crippen MR) is 132 cm³/mol. The largest absolute Gasteiger partial charge is 0.474 e. The van der Waals surface area contributed by atoms with Gasteiger partial charge in [0.05, 0.1) is 24.2 Å². The van der Waals surface area contributed by atoms with Gasteiger partial charge < -0.3 is 31.1 Å². The van der Waals surface area contributed by atoms with Crippen molar-refractivity contribution in [1.82, 2.24) is 19.9 Å². The molecule has 0 atom stereocenters. The van der Waals surface area contributed by atoms with Gasteiger partial charge in [-0.1, -0.05) is 0 Å². The number of aliphatic hydroxyl groups excluding tert-OH is 1. The Labute approximate surface area is 206 Å². The molecule has 2 aliphatic rings. The highest BCUT2D eigenvalue weighted by molar-refractivity contribution is 5.99. The molecule has 1 fully saturated rings. The zero-order valence-electron chi connectivity index (χ0n) is 19.9. The normalized spacial score (nSPS) is 20.5. The van der Waals surface area contributed by atoms with E-state index in [1.165, 1.54) is 0 Å². The number of nitrogens with zero attached hydrogens (tertiary/aromatic N) is 4. The van der Waals surface area contributed by atoms with E-state index >= 15 is 0 Å². The van der Waals surface area contributed by atoms with Crippen LogP contribution < -0.4 is 26.0 Å². The average Bonchev–Trinajstić information content (AvgIpc) is 2.85. The molecule has 0 spiro atoms. The number of rotatable bonds is 6. The van der Waals surface area contributed by atoms with Crippen LogP contribution in [0, 0.1) is 5.82 Å². The second kappa shape index (κ2) is 9.53. The van der Waals surface area contributed by atoms with Crippen molar-refractivity contribution < 1.29 is 19.0 Å². The number of aliphatic hydroxyl groups is 1. The number of carbonyl (C=O) groups is 1. The molecule has 3 aromatic heterocycles. The third-order valence-electron chi connectivity index (χ3n) is 6.06. The number of ether oxygens (including phenoxy) is 1. The van der Waals surface area contributed by atoms with Crippen molar-refractivity contribution in [2.24, 2.45) is 0 Å². The first kappa shape index (κ1) is 23.7. The molecule has 0 bridgehead atoms. The first-order valence-corrected chi connectivity index (χ1v) is 11.7. The summed E-state index contributed by atoms with van der Waals surface area (Å²) in [5.41, 5.74) is -0.377. The number of carbonyl (C=O) groups excluding carboxylic acids is 1. The van der Waals surface area contributed by atoms with E-state index < -0.39 is 11.4 Å². The Morgan fingerprint density at radius 1 is 1.03 bits per heavy atom. The van der Waals surface area contributed by atoms with E-state index in [9.17, 15) is 14.3 Å². The highest BCUT2D eigenvalue weighted by atomic mass is 19.1. The van der Waals surface area contributed by atoms with Gasteiger partial charge >= 0.3 is 0 Å². The number of anilines is 6. The van der Waals surface area contributed by atoms with Crippen LogP contribution in [0.15, 0.2) is 36.7 Å². The fraction of sp³-hybridized carbons (Fsp3) is 0.375. The molecule has 0 saturated heterocycles. The number of nitrogens with one attached hydrogen (secondary N) is 4. The molecular formula is C24H27FN8O3. The van der Waals surface area contributed by atoms with Crippen LogP contribution >= 0.6 is 0 Å². The summed E-state index contributed by atoms with van der Waals surface area (Å²) in [7, 11) is 0. The predicted octanol–water partition coefficient (Wildman–Crippen LogP) is 3.72. The Morgan fingerprint density at radius 3 is 2.56 bits per heavy atom. The van der Waals surface area contributed by atoms with Gasteiger partial charge in [0.1, 0.15) is 11.6 Å². The van der Waals surface area contributed by atoms with Crippen molar-refractivity contribution in [3.05, 3.63) is 42.5 Å². The number of aromatic nitrogens is 4. The number of halogens is 1. The Morgan fingerprint density at radius 2 is 1.81 bits per heavy atom. The van der Waals surface area contributed by atoms with E-state index in [2.05, 4.69) is 41.2 Å². The summed E-state index contributed by atoms with van der Waals surface area (Å²) in [5, 5.41) is 21.5. The third-order valence-corrected chi connectivity index (χ3v) is 6.06. The van der Waals surface area contributed by atoms with Gasteiger partial charge in [0.25, 0.3) is 5.91 Å². The second-order valence-electron chi connectivity index (χ2n) is 9.33. The zero-order chi connectivity index (χ0) is 25.3. The number of hydrogen-bond donors (Lipinski definition) is 5. The standard InChI is InChI=1S/C24H27FN8O3/c1-24(2)22(35)32-21-17(36-24)8-10-19(31-21)30-20-16(25)12-27-23(33-20)29-14-5-9-18(26-11-14)28-13-3-6-15(34)7-4-13/h5,8-13,15,34H,3-4,6-7H2,1-2H3,(H,26,28)(H3,27,29,30,31,32,33,35). The summed E-state index contributed by atoms with van der Waals surface area (Å²) in [6, 6.07) is 7.19. The average molecular weight is 495 g/mol. The van der Waals surface area contributed by atoms with Gasteiger partial charge in [-0.05, 0) is 63.8 Å². The molecule has 36 heavy (non-hydrogen) atoms. The molecule has 188 valence electrons. The summed E-state index contributed by atoms with van der Waals surface area (Å²) in [5.74, 6) is 0.746. The molecule has 5 N–H and O–H groups in total. The number of amides is 1. The Bertz CT molecular complexity index is 1260. The molecule has 0 radical (unpaired) electrons. The second-order valence-corrected chi connectivity index (χ2v) is 9.33. The van der Waals surface area contributed by atoms with Crippen molar-refractivity contribution in [2.45, 2.75) is 57.3 Å². The van der Waals surface area contributed by atoms with Crippen molar-refractivity contribution in [3.8, 4) is 5.75 Å². The lowest BCUT2D eigenvalue weighted by molar-refractivity contribution is -0.129. The number of hydrogen-bond acceptors (Lipinski definition) is 10. The number of fused-ring (bicyclic) bond motifs is 1. The SMILES string of the molecule is CC1(C)Oc2ccc(Nc3nc(Nc4ccc(NC5CCC(O)CC5)nc4)ncc3F)nc2NC1=O. The molecule has 1 aliphatic heterocycles. The van der Waals surface area contributed by atoms with E-state index in [0.29, 0.717) is 11.4 Å². The minimum Gasteiger partial charge on any atom is -0.474 e. The lowest BCUT2D eigenvalue weighted by Crippen LogP contribution is -2.46. The smallest absolute Gasteiger partial charge is 0.269 e. The van der Waals surface area contributed by atoms with E-state index in [1.807, 2.05) is 12.1 Å². The summed E-state index contributed by atoms with van der Waals surface area (Å²) in [4.78, 5) is 29.1. The minimum atomic E-state index is -1.01. The maximum atomic E-state index is 14.4. The van der Waals surface area contributed by atoms with Crippen LogP contribution in [0.1, 0.15) is 39.5 Å². The molecule has 3 aromatic rings. The van der Waals surface area contributed by atoms with Crippen LogP contribution in [0.2, 0.25) is 0 Å². The maximum absolute atomic E-state index is 14.4. The fourth-order valence-electron chi connectivity index (χ4n) is 4.02. The lowest BCUT2D eigenvalue weighted by atomic mass is 9.93. The molecular weight excluding hydrogens is 467 g/mol. The van der Waals surface area contributed by atoms with Gasteiger partial charge in [-0.25, -0.2) is 19.3 Å². The van der Waals surface area contributed by atoms with Crippen LogP contribution in [-0.2, 0) is 4.79 Å². The van der Waals surface area contributed by atoms with Crippen molar-refractivity contribution in [2.75, 3.05) is 21.3 Å². The Kier molecular flexibility index (Phi) is 6.27. The Hall–Kier alpha value is -4.06. The lowest BCUT2D eigenvalue weighted by Gasteiger charge is -2.30. The molecule has 12 heteroatoms. The van der Waals surface area contributed by atoms with Gasteiger partial charge in [-0.2, -0.15) is 4.98 Å². The van der Waals surface area contributed by atoms with E-state index in [4.69, 9.17) is 4.74 Å². The molecule has 1 amide bonds. The minimum absolute atomic E-state index is 0.0888.